The summed E-state index contributed by atoms with van der Waals surface area (Å²) in [4.78, 5) is 14.8. The number of hydrogen-bond acceptors (Lipinski definition) is 4. The second kappa shape index (κ2) is 8.33. The van der Waals surface area contributed by atoms with Gasteiger partial charge in [-0.05, 0) is 55.8 Å². The zero-order chi connectivity index (χ0) is 20.2. The van der Waals surface area contributed by atoms with Gasteiger partial charge in [0.25, 0.3) is 5.91 Å². The molecule has 0 radical (unpaired) electrons. The van der Waals surface area contributed by atoms with Crippen molar-refractivity contribution >= 4 is 15.9 Å². The van der Waals surface area contributed by atoms with E-state index in [4.69, 9.17) is 5.26 Å². The molecule has 2 aromatic rings. The average Bonchev–Trinajstić information content (AvgIpc) is 2.65. The molecule has 0 saturated carbocycles. The summed E-state index contributed by atoms with van der Waals surface area (Å²) in [5.74, 6) is -0.178. The smallest absolute Gasteiger partial charge is 0.254 e. The van der Waals surface area contributed by atoms with Crippen LogP contribution in [0.1, 0.15) is 35.3 Å². The van der Waals surface area contributed by atoms with E-state index in [0.717, 1.165) is 9.87 Å². The standard InChI is InChI=1S/C20H23N3O3S/c1-15(2)23(14-17-7-5-16(13-21)6-8-17)20(24)18-9-11-19(12-10-18)27(25,26)22(3)4/h5-12,15H,14H2,1-4H3. The maximum atomic E-state index is 12.9. The summed E-state index contributed by atoms with van der Waals surface area (Å²) in [6, 6.07) is 15.1. The van der Waals surface area contributed by atoms with Gasteiger partial charge in [-0.2, -0.15) is 5.26 Å². The highest BCUT2D eigenvalue weighted by molar-refractivity contribution is 7.89. The van der Waals surface area contributed by atoms with E-state index in [1.54, 1.807) is 17.0 Å². The Balaban J connectivity index is 2.25. The minimum Gasteiger partial charge on any atom is -0.332 e. The van der Waals surface area contributed by atoms with Gasteiger partial charge in [-0.3, -0.25) is 4.79 Å². The monoisotopic (exact) mass is 385 g/mol. The Morgan fingerprint density at radius 2 is 1.59 bits per heavy atom. The number of benzene rings is 2. The predicted molar refractivity (Wildman–Crippen MR) is 103 cm³/mol. The third kappa shape index (κ3) is 4.73. The van der Waals surface area contributed by atoms with Crippen molar-refractivity contribution in [3.63, 3.8) is 0 Å². The van der Waals surface area contributed by atoms with Gasteiger partial charge in [0.1, 0.15) is 0 Å². The van der Waals surface area contributed by atoms with E-state index < -0.39 is 10.0 Å². The van der Waals surface area contributed by atoms with Gasteiger partial charge in [0, 0.05) is 32.2 Å². The van der Waals surface area contributed by atoms with Crippen molar-refractivity contribution in [3.8, 4) is 6.07 Å². The zero-order valence-corrected chi connectivity index (χ0v) is 16.7. The zero-order valence-electron chi connectivity index (χ0n) is 15.9. The Bertz CT molecular complexity index is 941. The van der Waals surface area contributed by atoms with Crippen LogP contribution in [0.25, 0.3) is 0 Å². The first-order chi connectivity index (χ1) is 12.7. The first-order valence-corrected chi connectivity index (χ1v) is 9.93. The minimum atomic E-state index is -3.53. The predicted octanol–water partition coefficient (Wildman–Crippen LogP) is 2.86. The molecule has 0 aliphatic carbocycles. The van der Waals surface area contributed by atoms with E-state index >= 15 is 0 Å². The topological polar surface area (TPSA) is 81.5 Å². The number of nitriles is 1. The summed E-state index contributed by atoms with van der Waals surface area (Å²) in [6.07, 6.45) is 0. The summed E-state index contributed by atoms with van der Waals surface area (Å²) >= 11 is 0. The summed E-state index contributed by atoms with van der Waals surface area (Å²) < 4.78 is 25.4. The largest absolute Gasteiger partial charge is 0.332 e. The van der Waals surface area contributed by atoms with Crippen LogP contribution < -0.4 is 0 Å². The summed E-state index contributed by atoms with van der Waals surface area (Å²) in [7, 11) is -0.600. The lowest BCUT2D eigenvalue weighted by Gasteiger charge is -2.27. The van der Waals surface area contributed by atoms with Crippen molar-refractivity contribution in [2.45, 2.75) is 31.3 Å². The van der Waals surface area contributed by atoms with Crippen molar-refractivity contribution < 1.29 is 13.2 Å². The molecule has 2 aromatic carbocycles. The molecule has 1 amide bonds. The molecular formula is C20H23N3O3S. The number of hydrogen-bond donors (Lipinski definition) is 0. The van der Waals surface area contributed by atoms with Crippen LogP contribution in [0.4, 0.5) is 0 Å². The maximum absolute atomic E-state index is 12.9. The lowest BCUT2D eigenvalue weighted by Crippen LogP contribution is -2.36. The molecule has 6 nitrogen and oxygen atoms in total. The maximum Gasteiger partial charge on any atom is 0.254 e. The van der Waals surface area contributed by atoms with Crippen molar-refractivity contribution in [3.05, 3.63) is 65.2 Å². The molecule has 0 aliphatic rings. The van der Waals surface area contributed by atoms with Crippen LogP contribution >= 0.6 is 0 Å². The molecule has 0 aromatic heterocycles. The molecule has 27 heavy (non-hydrogen) atoms. The van der Waals surface area contributed by atoms with Crippen molar-refractivity contribution in [1.82, 2.24) is 9.21 Å². The Labute approximate surface area is 160 Å². The molecular weight excluding hydrogens is 362 g/mol. The van der Waals surface area contributed by atoms with Gasteiger partial charge >= 0.3 is 0 Å². The summed E-state index contributed by atoms with van der Waals surface area (Å²) in [5, 5.41) is 8.89. The van der Waals surface area contributed by atoms with Crippen molar-refractivity contribution in [1.29, 1.82) is 5.26 Å². The Kier molecular flexibility index (Phi) is 6.37. The van der Waals surface area contributed by atoms with Gasteiger partial charge < -0.3 is 4.90 Å². The fourth-order valence-corrected chi connectivity index (χ4v) is 3.42. The lowest BCUT2D eigenvalue weighted by molar-refractivity contribution is 0.0690. The van der Waals surface area contributed by atoms with Crippen LogP contribution in [-0.4, -0.2) is 43.7 Å². The van der Waals surface area contributed by atoms with E-state index in [1.807, 2.05) is 26.0 Å². The van der Waals surface area contributed by atoms with Crippen molar-refractivity contribution in [2.75, 3.05) is 14.1 Å². The van der Waals surface area contributed by atoms with E-state index in [2.05, 4.69) is 6.07 Å². The Hall–Kier alpha value is -2.69. The van der Waals surface area contributed by atoms with Gasteiger partial charge in [0.15, 0.2) is 0 Å². The Morgan fingerprint density at radius 3 is 2.04 bits per heavy atom. The van der Waals surface area contributed by atoms with Crippen LogP contribution in [-0.2, 0) is 16.6 Å². The molecule has 7 heteroatoms. The minimum absolute atomic E-state index is 0.0432. The molecule has 0 heterocycles. The molecule has 0 spiro atoms. The van der Waals surface area contributed by atoms with Gasteiger partial charge in [-0.1, -0.05) is 12.1 Å². The van der Waals surface area contributed by atoms with E-state index in [1.165, 1.54) is 38.4 Å². The number of rotatable bonds is 6. The third-order valence-corrected chi connectivity index (χ3v) is 6.03. The van der Waals surface area contributed by atoms with Crippen LogP contribution in [0, 0.1) is 11.3 Å². The summed E-state index contributed by atoms with van der Waals surface area (Å²) in [6.45, 7) is 4.25. The van der Waals surface area contributed by atoms with Gasteiger partial charge in [0.2, 0.25) is 10.0 Å². The van der Waals surface area contributed by atoms with Crippen LogP contribution in [0.5, 0.6) is 0 Å². The molecule has 0 fully saturated rings. The second-order valence-electron chi connectivity index (χ2n) is 6.65. The summed E-state index contributed by atoms with van der Waals surface area (Å²) in [5.41, 5.74) is 1.91. The average molecular weight is 385 g/mol. The number of nitrogens with zero attached hydrogens (tertiary/aromatic N) is 3. The first kappa shape index (κ1) is 20.6. The highest BCUT2D eigenvalue weighted by atomic mass is 32.2. The number of carbonyl (C=O) groups is 1. The molecule has 0 unspecified atom stereocenters. The van der Waals surface area contributed by atoms with E-state index in [9.17, 15) is 13.2 Å². The fraction of sp³-hybridized carbons (Fsp3) is 0.300. The highest BCUT2D eigenvalue weighted by Gasteiger charge is 2.21. The van der Waals surface area contributed by atoms with Crippen LogP contribution in [0.2, 0.25) is 0 Å². The molecule has 0 bridgehead atoms. The van der Waals surface area contributed by atoms with E-state index in [0.29, 0.717) is 17.7 Å². The van der Waals surface area contributed by atoms with Crippen molar-refractivity contribution in [2.24, 2.45) is 0 Å². The molecule has 0 N–H and O–H groups in total. The first-order valence-electron chi connectivity index (χ1n) is 8.49. The van der Waals surface area contributed by atoms with Gasteiger partial charge in [0.05, 0.1) is 16.5 Å². The molecule has 2 rings (SSSR count). The quantitative estimate of drug-likeness (QED) is 0.766. The molecule has 0 aliphatic heterocycles. The second-order valence-corrected chi connectivity index (χ2v) is 8.80. The number of amides is 1. The molecule has 142 valence electrons. The van der Waals surface area contributed by atoms with E-state index in [-0.39, 0.29) is 16.8 Å². The SMILES string of the molecule is CC(C)N(Cc1ccc(C#N)cc1)C(=O)c1ccc(S(=O)(=O)N(C)C)cc1. The van der Waals surface area contributed by atoms with Crippen LogP contribution in [0.3, 0.4) is 0 Å². The molecule has 0 saturated heterocycles. The fourth-order valence-electron chi connectivity index (χ4n) is 2.52. The molecule has 0 atom stereocenters. The number of carbonyl (C=O) groups excluding carboxylic acids is 1. The Morgan fingerprint density at radius 1 is 1.04 bits per heavy atom. The highest BCUT2D eigenvalue weighted by Crippen LogP contribution is 2.18. The van der Waals surface area contributed by atoms with Gasteiger partial charge in [-0.25, -0.2) is 12.7 Å². The van der Waals surface area contributed by atoms with Crippen LogP contribution in [0.15, 0.2) is 53.4 Å². The lowest BCUT2D eigenvalue weighted by atomic mass is 10.1. The van der Waals surface area contributed by atoms with Gasteiger partial charge in [-0.15, -0.1) is 0 Å². The normalized spacial score (nSPS) is 11.4. The third-order valence-electron chi connectivity index (χ3n) is 4.20. The number of sulfonamides is 1.